The third-order valence-electron chi connectivity index (χ3n) is 11.9. The molecule has 0 aliphatic heterocycles. The first kappa shape index (κ1) is 35.9. The minimum atomic E-state index is 0.643. The quantitative estimate of drug-likeness (QED) is 0.161. The highest BCUT2D eigenvalue weighted by Crippen LogP contribution is 2.45. The summed E-state index contributed by atoms with van der Waals surface area (Å²) in [5.41, 5.74) is 13.5. The van der Waals surface area contributed by atoms with E-state index in [1.807, 2.05) is 35.6 Å². The minimum absolute atomic E-state index is 0.643. The Balaban J connectivity index is 0.978. The van der Waals surface area contributed by atoms with Gasteiger partial charge in [-0.05, 0) is 81.9 Å². The fourth-order valence-electron chi connectivity index (χ4n) is 8.97. The average Bonchev–Trinajstić information content (AvgIpc) is 3.90. The van der Waals surface area contributed by atoms with Crippen LogP contribution in [0.5, 0.6) is 0 Å². The molecule has 62 heavy (non-hydrogen) atoms. The van der Waals surface area contributed by atoms with Crippen LogP contribution in [0, 0.1) is 0 Å². The van der Waals surface area contributed by atoms with Gasteiger partial charge >= 0.3 is 0 Å². The molecule has 0 atom stereocenters. The van der Waals surface area contributed by atoms with Crippen molar-refractivity contribution in [3.63, 3.8) is 0 Å². The van der Waals surface area contributed by atoms with E-state index in [4.69, 9.17) is 15.0 Å². The van der Waals surface area contributed by atoms with E-state index in [1.54, 1.807) is 0 Å². The van der Waals surface area contributed by atoms with E-state index in [0.29, 0.717) is 17.5 Å². The lowest BCUT2D eigenvalue weighted by atomic mass is 9.91. The maximum atomic E-state index is 5.15. The van der Waals surface area contributed by atoms with Crippen molar-refractivity contribution < 1.29 is 0 Å². The number of para-hydroxylation sites is 2. The third kappa shape index (κ3) is 6.18. The second-order valence-electron chi connectivity index (χ2n) is 15.6. The van der Waals surface area contributed by atoms with Gasteiger partial charge in [-0.2, -0.15) is 0 Å². The number of rotatable bonds is 7. The summed E-state index contributed by atoms with van der Waals surface area (Å²) in [6.45, 7) is 0. The highest BCUT2D eigenvalue weighted by Gasteiger charge is 2.19. The molecule has 0 bridgehead atoms. The van der Waals surface area contributed by atoms with Crippen LogP contribution in [0.1, 0.15) is 0 Å². The lowest BCUT2D eigenvalue weighted by molar-refractivity contribution is 1.07. The van der Waals surface area contributed by atoms with Gasteiger partial charge in [0.05, 0.1) is 11.0 Å². The smallest absolute Gasteiger partial charge is 0.164 e. The van der Waals surface area contributed by atoms with Crippen molar-refractivity contribution in [2.24, 2.45) is 0 Å². The zero-order chi connectivity index (χ0) is 41.0. The number of fused-ring (bicyclic) bond motifs is 6. The number of benzene rings is 9. The van der Waals surface area contributed by atoms with E-state index in [-0.39, 0.29) is 0 Å². The summed E-state index contributed by atoms with van der Waals surface area (Å²) in [6.07, 6.45) is 0. The van der Waals surface area contributed by atoms with E-state index < -0.39 is 0 Å². The molecule has 12 rings (SSSR count). The Hall–Kier alpha value is -7.99. The van der Waals surface area contributed by atoms with Gasteiger partial charge in [0.2, 0.25) is 0 Å². The molecule has 0 spiro atoms. The normalized spacial score (nSPS) is 11.5. The molecular formula is C57H36N4S. The molecule has 0 saturated carbocycles. The highest BCUT2D eigenvalue weighted by molar-refractivity contribution is 7.26. The molecule has 0 aliphatic rings. The number of nitrogens with zero attached hydrogens (tertiary/aromatic N) is 4. The van der Waals surface area contributed by atoms with Crippen LogP contribution in [0.3, 0.4) is 0 Å². The molecule has 0 N–H and O–H groups in total. The Morgan fingerprint density at radius 3 is 1.66 bits per heavy atom. The predicted molar refractivity (Wildman–Crippen MR) is 260 cm³/mol. The number of aromatic nitrogens is 4. The molecule has 3 heterocycles. The van der Waals surface area contributed by atoms with Crippen LogP contribution in [-0.2, 0) is 0 Å². The van der Waals surface area contributed by atoms with Crippen molar-refractivity contribution in [1.29, 1.82) is 0 Å². The number of hydrogen-bond donors (Lipinski definition) is 0. The van der Waals surface area contributed by atoms with Crippen LogP contribution in [-0.4, -0.2) is 19.5 Å². The van der Waals surface area contributed by atoms with Crippen LogP contribution < -0.4 is 0 Å². The van der Waals surface area contributed by atoms with E-state index in [9.17, 15) is 0 Å². The van der Waals surface area contributed by atoms with E-state index in [2.05, 4.69) is 199 Å². The van der Waals surface area contributed by atoms with Gasteiger partial charge in [0.1, 0.15) is 0 Å². The zero-order valence-electron chi connectivity index (χ0n) is 33.5. The van der Waals surface area contributed by atoms with Gasteiger partial charge in [0, 0.05) is 53.3 Å². The molecular weight excluding hydrogens is 773 g/mol. The summed E-state index contributed by atoms with van der Waals surface area (Å²) >= 11 is 1.81. The molecule has 12 aromatic rings. The molecule has 0 amide bonds. The van der Waals surface area contributed by atoms with Crippen LogP contribution in [0.25, 0.3) is 115 Å². The first-order valence-corrected chi connectivity index (χ1v) is 21.7. The van der Waals surface area contributed by atoms with Gasteiger partial charge in [0.15, 0.2) is 17.5 Å². The molecule has 4 nitrogen and oxygen atoms in total. The Morgan fingerprint density at radius 2 is 0.871 bits per heavy atom. The maximum Gasteiger partial charge on any atom is 0.164 e. The van der Waals surface area contributed by atoms with Crippen molar-refractivity contribution in [1.82, 2.24) is 19.5 Å². The van der Waals surface area contributed by atoms with Crippen molar-refractivity contribution in [2.45, 2.75) is 0 Å². The second-order valence-corrected chi connectivity index (χ2v) is 16.7. The summed E-state index contributed by atoms with van der Waals surface area (Å²) in [4.78, 5) is 15.3. The Labute approximate surface area is 362 Å². The van der Waals surface area contributed by atoms with Gasteiger partial charge in [0.25, 0.3) is 0 Å². The molecule has 9 aromatic carbocycles. The van der Waals surface area contributed by atoms with Gasteiger partial charge < -0.3 is 4.57 Å². The summed E-state index contributed by atoms with van der Waals surface area (Å²) in [7, 11) is 0. The van der Waals surface area contributed by atoms with Crippen molar-refractivity contribution in [3.8, 4) is 73.2 Å². The second kappa shape index (κ2) is 14.9. The largest absolute Gasteiger partial charge is 0.309 e. The topological polar surface area (TPSA) is 43.6 Å². The molecule has 5 heteroatoms. The molecule has 0 unspecified atom stereocenters. The monoisotopic (exact) mass is 808 g/mol. The SMILES string of the molecule is c1ccc(-c2cccc(-c3nc(-c4ccccc4)nc(-c4ccc5c(c4)sc4cccc(-c6ccccc6-c6ccc7c(c6)c6ccccc6n7-c6ccccc6)c45)n3)c2)cc1. The average molecular weight is 809 g/mol. The van der Waals surface area contributed by atoms with Crippen molar-refractivity contribution >= 4 is 53.3 Å². The van der Waals surface area contributed by atoms with Crippen LogP contribution in [0.4, 0.5) is 0 Å². The van der Waals surface area contributed by atoms with Gasteiger partial charge in [-0.1, -0.05) is 170 Å². The maximum absolute atomic E-state index is 5.15. The number of thiophene rings is 1. The molecule has 0 radical (unpaired) electrons. The molecule has 0 aliphatic carbocycles. The molecule has 0 fully saturated rings. The molecule has 3 aromatic heterocycles. The standard InChI is InChI=1S/C57H36N4S/c1-4-16-37(17-5-1)39-20-14-21-41(34-39)56-58-55(38-18-6-2-7-19-38)59-57(60-56)42-30-32-48-53(36-42)62-52-29-15-27-47(54(48)52)45-25-11-10-24-44(45)40-31-33-51-49(35-40)46-26-12-13-28-50(46)61(51)43-22-8-3-9-23-43/h1-36H. The van der Waals surface area contributed by atoms with E-state index in [0.717, 1.165) is 33.5 Å². The van der Waals surface area contributed by atoms with E-state index >= 15 is 0 Å². The van der Waals surface area contributed by atoms with Crippen LogP contribution in [0.15, 0.2) is 218 Å². The molecule has 290 valence electrons. The Bertz CT molecular complexity index is 3630. The number of hydrogen-bond acceptors (Lipinski definition) is 4. The molecule has 0 saturated heterocycles. The predicted octanol–water partition coefficient (Wildman–Crippen LogP) is 15.3. The van der Waals surface area contributed by atoms with Crippen LogP contribution >= 0.6 is 11.3 Å². The minimum Gasteiger partial charge on any atom is -0.309 e. The third-order valence-corrected chi connectivity index (χ3v) is 13.0. The summed E-state index contributed by atoms with van der Waals surface area (Å²) in [5, 5.41) is 4.96. The first-order chi connectivity index (χ1) is 30.7. The highest BCUT2D eigenvalue weighted by atomic mass is 32.1. The van der Waals surface area contributed by atoms with Gasteiger partial charge in [-0.25, -0.2) is 15.0 Å². The summed E-state index contributed by atoms with van der Waals surface area (Å²) in [6, 6.07) is 77.6. The lowest BCUT2D eigenvalue weighted by Crippen LogP contribution is -2.00. The summed E-state index contributed by atoms with van der Waals surface area (Å²) < 4.78 is 4.80. The first-order valence-electron chi connectivity index (χ1n) is 20.8. The van der Waals surface area contributed by atoms with Crippen LogP contribution in [0.2, 0.25) is 0 Å². The zero-order valence-corrected chi connectivity index (χ0v) is 34.3. The Kier molecular flexibility index (Phi) is 8.65. The van der Waals surface area contributed by atoms with Gasteiger partial charge in [-0.3, -0.25) is 0 Å². The van der Waals surface area contributed by atoms with Gasteiger partial charge in [-0.15, -0.1) is 11.3 Å². The summed E-state index contributed by atoms with van der Waals surface area (Å²) in [5.74, 6) is 1.94. The fraction of sp³-hybridized carbons (Fsp3) is 0. The Morgan fingerprint density at radius 1 is 0.306 bits per heavy atom. The van der Waals surface area contributed by atoms with Crippen molar-refractivity contribution in [3.05, 3.63) is 218 Å². The lowest BCUT2D eigenvalue weighted by Gasteiger charge is -2.13. The van der Waals surface area contributed by atoms with E-state index in [1.165, 1.54) is 64.2 Å². The fourth-order valence-corrected chi connectivity index (χ4v) is 10.1. The van der Waals surface area contributed by atoms with Crippen molar-refractivity contribution in [2.75, 3.05) is 0 Å².